The molecule has 0 aliphatic rings. The van der Waals surface area contributed by atoms with E-state index in [0.717, 1.165) is 19.5 Å². The van der Waals surface area contributed by atoms with E-state index in [9.17, 15) is 4.79 Å². The number of nitrogens with zero attached hydrogens (tertiary/aromatic N) is 3. The summed E-state index contributed by atoms with van der Waals surface area (Å²) in [4.78, 5) is 13.9. The summed E-state index contributed by atoms with van der Waals surface area (Å²) in [5.41, 5.74) is 6.15. The Morgan fingerprint density at radius 3 is 2.68 bits per heavy atom. The maximum Gasteiger partial charge on any atom is 0.287 e. The predicted molar refractivity (Wildman–Crippen MR) is 79.8 cm³/mol. The van der Waals surface area contributed by atoms with Gasteiger partial charge in [-0.05, 0) is 18.4 Å². The Bertz CT molecular complexity index is 484. The molecule has 5 nitrogen and oxygen atoms in total. The monoisotopic (exact) mass is 286 g/mol. The van der Waals surface area contributed by atoms with Crippen LogP contribution < -0.4 is 16.2 Å². The van der Waals surface area contributed by atoms with E-state index < -0.39 is 0 Å². The molecule has 0 bridgehead atoms. The molecule has 1 aromatic heterocycles. The molecule has 6 heteroatoms. The maximum absolute atomic E-state index is 11.9. The smallest absolute Gasteiger partial charge is 0.287 e. The van der Waals surface area contributed by atoms with Gasteiger partial charge in [-0.2, -0.15) is 5.10 Å². The topological polar surface area (TPSA) is 64.2 Å². The first-order chi connectivity index (χ1) is 8.82. The van der Waals surface area contributed by atoms with Crippen LogP contribution in [0.4, 0.5) is 5.69 Å². The molecular formula is C13H23ClN4O. The van der Waals surface area contributed by atoms with Crippen molar-refractivity contribution in [3.05, 3.63) is 21.6 Å². The SMILES string of the molecule is CCCN(CC(C)(C)CN)c1cnn(C)c(=O)c1Cl. The Labute approximate surface area is 119 Å². The van der Waals surface area contributed by atoms with Gasteiger partial charge < -0.3 is 10.6 Å². The van der Waals surface area contributed by atoms with Crippen molar-refractivity contribution in [1.29, 1.82) is 0 Å². The highest BCUT2D eigenvalue weighted by Crippen LogP contribution is 2.25. The summed E-state index contributed by atoms with van der Waals surface area (Å²) < 4.78 is 1.24. The summed E-state index contributed by atoms with van der Waals surface area (Å²) in [5, 5.41) is 4.27. The van der Waals surface area contributed by atoms with Gasteiger partial charge in [-0.15, -0.1) is 0 Å². The van der Waals surface area contributed by atoms with Gasteiger partial charge in [0.1, 0.15) is 5.02 Å². The first kappa shape index (κ1) is 16.0. The van der Waals surface area contributed by atoms with E-state index in [-0.39, 0.29) is 16.0 Å². The van der Waals surface area contributed by atoms with Crippen LogP contribution in [-0.4, -0.2) is 29.4 Å². The van der Waals surface area contributed by atoms with Crippen LogP contribution in [0.3, 0.4) is 0 Å². The second-order valence-corrected chi connectivity index (χ2v) is 5.94. The lowest BCUT2D eigenvalue weighted by Crippen LogP contribution is -2.40. The second kappa shape index (κ2) is 6.39. The van der Waals surface area contributed by atoms with E-state index in [1.807, 2.05) is 0 Å². The van der Waals surface area contributed by atoms with Gasteiger partial charge in [0.15, 0.2) is 0 Å². The van der Waals surface area contributed by atoms with Crippen LogP contribution >= 0.6 is 11.6 Å². The zero-order valence-electron chi connectivity index (χ0n) is 12.1. The van der Waals surface area contributed by atoms with Gasteiger partial charge in [-0.3, -0.25) is 4.79 Å². The van der Waals surface area contributed by atoms with Crippen molar-refractivity contribution in [2.45, 2.75) is 27.2 Å². The molecule has 0 aromatic carbocycles. The number of aromatic nitrogens is 2. The summed E-state index contributed by atoms with van der Waals surface area (Å²) in [6.45, 7) is 8.41. The maximum atomic E-state index is 11.9. The lowest BCUT2D eigenvalue weighted by molar-refractivity contribution is 0.377. The van der Waals surface area contributed by atoms with Crippen molar-refractivity contribution in [3.8, 4) is 0 Å². The minimum absolute atomic E-state index is 0.0421. The van der Waals surface area contributed by atoms with Crippen molar-refractivity contribution in [2.75, 3.05) is 24.5 Å². The predicted octanol–water partition coefficient (Wildman–Crippen LogP) is 1.63. The van der Waals surface area contributed by atoms with E-state index in [1.165, 1.54) is 4.68 Å². The molecule has 1 rings (SSSR count). The lowest BCUT2D eigenvalue weighted by Gasteiger charge is -2.33. The van der Waals surface area contributed by atoms with Crippen molar-refractivity contribution in [2.24, 2.45) is 18.2 Å². The quantitative estimate of drug-likeness (QED) is 0.863. The first-order valence-electron chi connectivity index (χ1n) is 6.49. The molecule has 1 heterocycles. The third-order valence-electron chi connectivity index (χ3n) is 3.07. The van der Waals surface area contributed by atoms with Crippen LogP contribution in [0.2, 0.25) is 5.02 Å². The first-order valence-corrected chi connectivity index (χ1v) is 6.87. The molecule has 2 N–H and O–H groups in total. The molecular weight excluding hydrogens is 264 g/mol. The third-order valence-corrected chi connectivity index (χ3v) is 3.42. The van der Waals surface area contributed by atoms with Gasteiger partial charge in [0.25, 0.3) is 5.56 Å². The fourth-order valence-corrected chi connectivity index (χ4v) is 2.15. The van der Waals surface area contributed by atoms with E-state index >= 15 is 0 Å². The summed E-state index contributed by atoms with van der Waals surface area (Å²) in [6.07, 6.45) is 2.61. The van der Waals surface area contributed by atoms with Crippen molar-refractivity contribution < 1.29 is 0 Å². The van der Waals surface area contributed by atoms with Crippen LogP contribution in [0.25, 0.3) is 0 Å². The Morgan fingerprint density at radius 1 is 1.53 bits per heavy atom. The molecule has 108 valence electrons. The molecule has 0 amide bonds. The van der Waals surface area contributed by atoms with Crippen molar-refractivity contribution >= 4 is 17.3 Å². The molecule has 0 saturated heterocycles. The fraction of sp³-hybridized carbons (Fsp3) is 0.692. The van der Waals surface area contributed by atoms with Crippen LogP contribution in [0.15, 0.2) is 11.0 Å². The number of hydrogen-bond donors (Lipinski definition) is 1. The summed E-state index contributed by atoms with van der Waals surface area (Å²) in [5.74, 6) is 0. The van der Waals surface area contributed by atoms with Gasteiger partial charge in [0.2, 0.25) is 0 Å². The van der Waals surface area contributed by atoms with Crippen LogP contribution in [0.5, 0.6) is 0 Å². The Kier molecular flexibility index (Phi) is 5.38. The van der Waals surface area contributed by atoms with E-state index in [1.54, 1.807) is 13.2 Å². The molecule has 0 aliphatic carbocycles. The van der Waals surface area contributed by atoms with Gasteiger partial charge in [-0.25, -0.2) is 4.68 Å². The number of anilines is 1. The largest absolute Gasteiger partial charge is 0.368 e. The molecule has 0 atom stereocenters. The zero-order chi connectivity index (χ0) is 14.6. The Morgan fingerprint density at radius 2 is 2.16 bits per heavy atom. The molecule has 0 saturated carbocycles. The van der Waals surface area contributed by atoms with Crippen molar-refractivity contribution in [3.63, 3.8) is 0 Å². The molecule has 0 radical (unpaired) electrons. The Balaban J connectivity index is 3.13. The third kappa shape index (κ3) is 3.94. The van der Waals surface area contributed by atoms with E-state index in [4.69, 9.17) is 17.3 Å². The minimum atomic E-state index is -0.272. The second-order valence-electron chi connectivity index (χ2n) is 5.56. The van der Waals surface area contributed by atoms with Crippen molar-refractivity contribution in [1.82, 2.24) is 9.78 Å². The number of rotatable bonds is 6. The van der Waals surface area contributed by atoms with Gasteiger partial charge >= 0.3 is 0 Å². The summed E-state index contributed by atoms with van der Waals surface area (Å²) >= 11 is 6.15. The average Bonchev–Trinajstić information content (AvgIpc) is 2.35. The summed E-state index contributed by atoms with van der Waals surface area (Å²) in [6, 6.07) is 0. The Hall–Kier alpha value is -1.07. The molecule has 0 aliphatic heterocycles. The number of hydrogen-bond acceptors (Lipinski definition) is 4. The molecule has 19 heavy (non-hydrogen) atoms. The summed E-state index contributed by atoms with van der Waals surface area (Å²) in [7, 11) is 1.59. The van der Waals surface area contributed by atoms with Crippen LogP contribution in [0, 0.1) is 5.41 Å². The molecule has 0 fully saturated rings. The highest BCUT2D eigenvalue weighted by molar-refractivity contribution is 6.33. The zero-order valence-corrected chi connectivity index (χ0v) is 12.9. The molecule has 1 aromatic rings. The van der Waals surface area contributed by atoms with E-state index in [0.29, 0.717) is 12.2 Å². The number of aryl methyl sites for hydroxylation is 1. The highest BCUT2D eigenvalue weighted by atomic mass is 35.5. The van der Waals surface area contributed by atoms with Crippen LogP contribution in [-0.2, 0) is 7.05 Å². The average molecular weight is 287 g/mol. The molecule has 0 spiro atoms. The van der Waals surface area contributed by atoms with E-state index in [2.05, 4.69) is 30.8 Å². The standard InChI is InChI=1S/C13H23ClN4O/c1-5-6-18(9-13(2,3)8-15)10-7-16-17(4)12(19)11(10)14/h7H,5-6,8-9,15H2,1-4H3. The number of halogens is 1. The lowest BCUT2D eigenvalue weighted by atomic mass is 9.93. The minimum Gasteiger partial charge on any atom is -0.368 e. The van der Waals surface area contributed by atoms with Gasteiger partial charge in [0, 0.05) is 20.1 Å². The molecule has 0 unspecified atom stereocenters. The van der Waals surface area contributed by atoms with Crippen LogP contribution in [0.1, 0.15) is 27.2 Å². The van der Waals surface area contributed by atoms with Gasteiger partial charge in [0.05, 0.1) is 11.9 Å². The van der Waals surface area contributed by atoms with Gasteiger partial charge in [-0.1, -0.05) is 32.4 Å². The fourth-order valence-electron chi connectivity index (χ4n) is 1.86. The normalized spacial score (nSPS) is 11.7. The highest BCUT2D eigenvalue weighted by Gasteiger charge is 2.22. The number of nitrogens with two attached hydrogens (primary N) is 1.